The number of hydrogen-bond acceptors (Lipinski definition) is 5. The van der Waals surface area contributed by atoms with Gasteiger partial charge in [0.2, 0.25) is 11.8 Å². The van der Waals surface area contributed by atoms with Gasteiger partial charge in [0, 0.05) is 24.6 Å². The molecule has 2 fully saturated rings. The molecule has 3 aromatic rings. The molecule has 2 aliphatic rings. The Kier molecular flexibility index (Phi) is 5.70. The maximum atomic E-state index is 13.1. The summed E-state index contributed by atoms with van der Waals surface area (Å²) in [4.78, 5) is 24.7. The number of nitrogens with zero attached hydrogens (tertiary/aromatic N) is 3. The molecule has 5 rings (SSSR count). The van der Waals surface area contributed by atoms with Gasteiger partial charge >= 0.3 is 0 Å². The fourth-order valence-electron chi connectivity index (χ4n) is 3.64. The molecule has 1 heterocycles. The summed E-state index contributed by atoms with van der Waals surface area (Å²) in [5, 5.41) is 15.2. The third kappa shape index (κ3) is 4.70. The molecule has 0 saturated heterocycles. The average Bonchev–Trinajstić information content (AvgIpc) is 3.72. The van der Waals surface area contributed by atoms with Gasteiger partial charge in [0.25, 0.3) is 0 Å². The smallest absolute Gasteiger partial charge is 0.238 e. The standard InChI is InChI=1S/C24H25N5O2S/c1-15(30)25-19-8-5-9-20(14-19)29-22(17-10-11-17)27-28-24(29)32-21(16-6-3-2-4-7-16)23(31)26-18-12-13-18/h2-9,14,17-18,21H,10-13H2,1H3,(H,25,30)(H,26,31). The molecule has 1 atom stereocenters. The Morgan fingerprint density at radius 2 is 1.81 bits per heavy atom. The maximum Gasteiger partial charge on any atom is 0.238 e. The predicted molar refractivity (Wildman–Crippen MR) is 124 cm³/mol. The van der Waals surface area contributed by atoms with Crippen molar-refractivity contribution in [1.29, 1.82) is 0 Å². The van der Waals surface area contributed by atoms with Crippen LogP contribution in [0.1, 0.15) is 55.2 Å². The molecule has 2 N–H and O–H groups in total. The van der Waals surface area contributed by atoms with Gasteiger partial charge in [-0.3, -0.25) is 14.2 Å². The SMILES string of the molecule is CC(=O)Nc1cccc(-n2c(SC(C(=O)NC3CC3)c3ccccc3)nnc2C2CC2)c1. The van der Waals surface area contributed by atoms with Crippen molar-refractivity contribution in [2.75, 3.05) is 5.32 Å². The summed E-state index contributed by atoms with van der Waals surface area (Å²) in [6.07, 6.45) is 4.24. The molecular weight excluding hydrogens is 422 g/mol. The maximum absolute atomic E-state index is 13.1. The van der Waals surface area contributed by atoms with Crippen LogP contribution in [0.15, 0.2) is 59.8 Å². The van der Waals surface area contributed by atoms with E-state index in [1.54, 1.807) is 0 Å². The Labute approximate surface area is 191 Å². The van der Waals surface area contributed by atoms with Crippen LogP contribution in [0.4, 0.5) is 5.69 Å². The normalized spacial score (nSPS) is 16.4. The minimum absolute atomic E-state index is 0.00165. The monoisotopic (exact) mass is 447 g/mol. The van der Waals surface area contributed by atoms with Crippen LogP contribution in [0.5, 0.6) is 0 Å². The van der Waals surface area contributed by atoms with Crippen molar-refractivity contribution in [2.24, 2.45) is 0 Å². The number of amides is 2. The van der Waals surface area contributed by atoms with E-state index >= 15 is 0 Å². The Bertz CT molecular complexity index is 1140. The molecule has 1 aromatic heterocycles. The van der Waals surface area contributed by atoms with Gasteiger partial charge in [-0.25, -0.2) is 0 Å². The van der Waals surface area contributed by atoms with E-state index in [0.29, 0.717) is 16.8 Å². The van der Waals surface area contributed by atoms with E-state index in [1.165, 1.54) is 18.7 Å². The van der Waals surface area contributed by atoms with E-state index in [4.69, 9.17) is 0 Å². The lowest BCUT2D eigenvalue weighted by Gasteiger charge is -2.18. The highest BCUT2D eigenvalue weighted by Crippen LogP contribution is 2.43. The summed E-state index contributed by atoms with van der Waals surface area (Å²) < 4.78 is 2.04. The number of aromatic nitrogens is 3. The quantitative estimate of drug-likeness (QED) is 0.505. The first kappa shape index (κ1) is 20.8. The van der Waals surface area contributed by atoms with Gasteiger partial charge in [-0.2, -0.15) is 0 Å². The molecule has 32 heavy (non-hydrogen) atoms. The first-order chi connectivity index (χ1) is 15.6. The third-order valence-electron chi connectivity index (χ3n) is 5.51. The molecule has 2 saturated carbocycles. The number of benzene rings is 2. The predicted octanol–water partition coefficient (Wildman–Crippen LogP) is 4.22. The molecule has 0 spiro atoms. The summed E-state index contributed by atoms with van der Waals surface area (Å²) in [7, 11) is 0. The zero-order valence-corrected chi connectivity index (χ0v) is 18.6. The van der Waals surface area contributed by atoms with Crippen LogP contribution >= 0.6 is 11.8 Å². The molecule has 2 amide bonds. The van der Waals surface area contributed by atoms with E-state index < -0.39 is 5.25 Å². The number of nitrogens with one attached hydrogen (secondary N) is 2. The van der Waals surface area contributed by atoms with E-state index in [0.717, 1.165) is 42.8 Å². The highest BCUT2D eigenvalue weighted by atomic mass is 32.2. The lowest BCUT2D eigenvalue weighted by molar-refractivity contribution is -0.120. The minimum Gasteiger partial charge on any atom is -0.352 e. The number of anilines is 1. The molecule has 2 aliphatic carbocycles. The second-order valence-corrected chi connectivity index (χ2v) is 9.45. The van der Waals surface area contributed by atoms with Gasteiger partial charge in [-0.1, -0.05) is 48.2 Å². The zero-order chi connectivity index (χ0) is 22.1. The van der Waals surface area contributed by atoms with Crippen LogP contribution in [0.2, 0.25) is 0 Å². The van der Waals surface area contributed by atoms with Crippen LogP contribution in [-0.2, 0) is 9.59 Å². The molecule has 8 heteroatoms. The van der Waals surface area contributed by atoms with E-state index in [1.807, 2.05) is 59.2 Å². The third-order valence-corrected chi connectivity index (χ3v) is 6.71. The second kappa shape index (κ2) is 8.78. The van der Waals surface area contributed by atoms with Gasteiger partial charge in [0.05, 0.1) is 5.69 Å². The Balaban J connectivity index is 1.51. The summed E-state index contributed by atoms with van der Waals surface area (Å²) in [5.74, 6) is 1.15. The molecule has 0 radical (unpaired) electrons. The van der Waals surface area contributed by atoms with Crippen molar-refractivity contribution in [1.82, 2.24) is 20.1 Å². The molecule has 0 aliphatic heterocycles. The minimum atomic E-state index is -0.426. The van der Waals surface area contributed by atoms with Crippen LogP contribution < -0.4 is 10.6 Å². The van der Waals surface area contributed by atoms with Gasteiger partial charge in [0.15, 0.2) is 5.16 Å². The summed E-state index contributed by atoms with van der Waals surface area (Å²) in [6, 6.07) is 17.7. The van der Waals surface area contributed by atoms with Crippen LogP contribution in [0.3, 0.4) is 0 Å². The first-order valence-electron chi connectivity index (χ1n) is 10.9. The molecular formula is C24H25N5O2S. The Morgan fingerprint density at radius 3 is 2.50 bits per heavy atom. The summed E-state index contributed by atoms with van der Waals surface area (Å²) in [5.41, 5.74) is 2.53. The first-order valence-corrected chi connectivity index (χ1v) is 11.8. The zero-order valence-electron chi connectivity index (χ0n) is 17.8. The van der Waals surface area contributed by atoms with Gasteiger partial charge < -0.3 is 10.6 Å². The number of hydrogen-bond donors (Lipinski definition) is 2. The topological polar surface area (TPSA) is 88.9 Å². The van der Waals surface area contributed by atoms with Crippen molar-refractivity contribution in [2.45, 2.75) is 55.0 Å². The van der Waals surface area contributed by atoms with Crippen LogP contribution in [-0.4, -0.2) is 32.6 Å². The van der Waals surface area contributed by atoms with Crippen molar-refractivity contribution >= 4 is 29.3 Å². The molecule has 164 valence electrons. The van der Waals surface area contributed by atoms with Gasteiger partial charge in [-0.05, 0) is 49.4 Å². The summed E-state index contributed by atoms with van der Waals surface area (Å²) >= 11 is 1.42. The lowest BCUT2D eigenvalue weighted by Crippen LogP contribution is -2.30. The average molecular weight is 448 g/mol. The lowest BCUT2D eigenvalue weighted by atomic mass is 10.1. The molecule has 2 aromatic carbocycles. The van der Waals surface area contributed by atoms with Crippen molar-refractivity contribution < 1.29 is 9.59 Å². The van der Waals surface area contributed by atoms with E-state index in [-0.39, 0.29) is 17.9 Å². The van der Waals surface area contributed by atoms with Crippen molar-refractivity contribution in [3.8, 4) is 5.69 Å². The van der Waals surface area contributed by atoms with Gasteiger partial charge in [0.1, 0.15) is 11.1 Å². The van der Waals surface area contributed by atoms with E-state index in [2.05, 4.69) is 20.8 Å². The highest BCUT2D eigenvalue weighted by Gasteiger charge is 2.34. The number of thioether (sulfide) groups is 1. The van der Waals surface area contributed by atoms with Crippen LogP contribution in [0.25, 0.3) is 5.69 Å². The Morgan fingerprint density at radius 1 is 1.03 bits per heavy atom. The van der Waals surface area contributed by atoms with Crippen molar-refractivity contribution in [3.63, 3.8) is 0 Å². The van der Waals surface area contributed by atoms with Crippen LogP contribution in [0, 0.1) is 0 Å². The number of rotatable bonds is 8. The second-order valence-electron chi connectivity index (χ2n) is 8.37. The molecule has 1 unspecified atom stereocenters. The fraction of sp³-hybridized carbons (Fsp3) is 0.333. The van der Waals surface area contributed by atoms with E-state index in [9.17, 15) is 9.59 Å². The molecule has 0 bridgehead atoms. The largest absolute Gasteiger partial charge is 0.352 e. The van der Waals surface area contributed by atoms with Crippen molar-refractivity contribution in [3.05, 3.63) is 66.0 Å². The fourth-order valence-corrected chi connectivity index (χ4v) is 4.71. The molecule has 7 nitrogen and oxygen atoms in total. The number of carbonyl (C=O) groups excluding carboxylic acids is 2. The highest BCUT2D eigenvalue weighted by molar-refractivity contribution is 8.00. The summed E-state index contributed by atoms with van der Waals surface area (Å²) in [6.45, 7) is 1.49. The Hall–Kier alpha value is -3.13. The van der Waals surface area contributed by atoms with Gasteiger partial charge in [-0.15, -0.1) is 10.2 Å². The number of carbonyl (C=O) groups is 2.